The van der Waals surface area contributed by atoms with Gasteiger partial charge in [0.05, 0.1) is 18.7 Å². The smallest absolute Gasteiger partial charge is 0.342 e. The summed E-state index contributed by atoms with van der Waals surface area (Å²) < 4.78 is 44.3. The lowest BCUT2D eigenvalue weighted by Gasteiger charge is -2.20. The highest BCUT2D eigenvalue weighted by molar-refractivity contribution is 9.10. The van der Waals surface area contributed by atoms with Crippen LogP contribution in [0.2, 0.25) is 0 Å². The zero-order valence-corrected chi connectivity index (χ0v) is 15.3. The first-order valence-corrected chi connectivity index (χ1v) is 9.06. The minimum Gasteiger partial charge on any atom is -0.495 e. The van der Waals surface area contributed by atoms with Crippen molar-refractivity contribution in [2.75, 3.05) is 14.2 Å². The predicted molar refractivity (Wildman–Crippen MR) is 91.9 cm³/mol. The lowest BCUT2D eigenvalue weighted by molar-refractivity contribution is 0.0595. The maximum Gasteiger partial charge on any atom is 0.342 e. The van der Waals surface area contributed by atoms with Gasteiger partial charge >= 0.3 is 5.97 Å². The zero-order valence-electron chi connectivity index (χ0n) is 12.9. The molecule has 0 spiro atoms. The van der Waals surface area contributed by atoms with Gasteiger partial charge in [-0.1, -0.05) is 36.4 Å². The van der Waals surface area contributed by atoms with Crippen LogP contribution in [0.4, 0.5) is 0 Å². The number of esters is 1. The number of hydrogen-bond acceptors (Lipinski definition) is 5. The number of rotatable bonds is 5. The number of carbonyl (C=O) groups is 1. The first kappa shape index (κ1) is 18.4. The topological polar surface area (TPSA) is 89.9 Å². The molecule has 1 atom stereocenters. The van der Waals surface area contributed by atoms with E-state index in [1.54, 1.807) is 36.4 Å². The molecular formula is C16H15BrO6S. The molecule has 0 fully saturated rings. The molecule has 6 nitrogen and oxygen atoms in total. The fourth-order valence-electron chi connectivity index (χ4n) is 2.44. The molecule has 128 valence electrons. The molecule has 0 saturated carbocycles. The molecule has 8 heteroatoms. The molecule has 2 rings (SSSR count). The SMILES string of the molecule is COC(=O)c1c(C(c2ccccc2)S(=O)(=O)O)ccc(Br)c1OC. The number of halogens is 1. The van der Waals surface area contributed by atoms with E-state index in [0.717, 1.165) is 0 Å². The summed E-state index contributed by atoms with van der Waals surface area (Å²) in [5.41, 5.74) is 0.311. The highest BCUT2D eigenvalue weighted by Gasteiger charge is 2.33. The second-order valence-electron chi connectivity index (χ2n) is 4.84. The van der Waals surface area contributed by atoms with Crippen molar-refractivity contribution >= 4 is 32.0 Å². The van der Waals surface area contributed by atoms with Gasteiger partial charge in [0.15, 0.2) is 0 Å². The Kier molecular flexibility index (Phi) is 5.63. The van der Waals surface area contributed by atoms with Crippen LogP contribution < -0.4 is 4.74 Å². The van der Waals surface area contributed by atoms with Crippen LogP contribution in [0.3, 0.4) is 0 Å². The number of carbonyl (C=O) groups excluding carboxylic acids is 1. The van der Waals surface area contributed by atoms with Crippen molar-refractivity contribution in [2.45, 2.75) is 5.25 Å². The maximum atomic E-state index is 12.2. The summed E-state index contributed by atoms with van der Waals surface area (Å²) in [4.78, 5) is 12.2. The van der Waals surface area contributed by atoms with E-state index in [-0.39, 0.29) is 16.9 Å². The van der Waals surface area contributed by atoms with Gasteiger partial charge in [-0.3, -0.25) is 4.55 Å². The van der Waals surface area contributed by atoms with Crippen molar-refractivity contribution in [3.8, 4) is 5.75 Å². The highest BCUT2D eigenvalue weighted by atomic mass is 79.9. The fourth-order valence-corrected chi connectivity index (χ4v) is 3.95. The molecule has 0 saturated heterocycles. The third kappa shape index (κ3) is 3.61. The highest BCUT2D eigenvalue weighted by Crippen LogP contribution is 2.39. The number of ether oxygens (including phenoxy) is 2. The summed E-state index contributed by atoms with van der Waals surface area (Å²) in [5, 5.41) is -1.45. The van der Waals surface area contributed by atoms with Crippen LogP contribution in [-0.4, -0.2) is 33.2 Å². The van der Waals surface area contributed by atoms with E-state index in [1.807, 2.05) is 0 Å². The van der Waals surface area contributed by atoms with E-state index in [4.69, 9.17) is 9.47 Å². The Labute approximate surface area is 148 Å². The van der Waals surface area contributed by atoms with Gasteiger partial charge in [-0.05, 0) is 33.1 Å². The largest absolute Gasteiger partial charge is 0.495 e. The molecule has 1 unspecified atom stereocenters. The minimum atomic E-state index is -4.55. The van der Waals surface area contributed by atoms with Crippen LogP contribution in [-0.2, 0) is 14.9 Å². The standard InChI is InChI=1S/C16H15BrO6S/c1-22-14-12(17)9-8-11(13(14)16(18)23-2)15(24(19,20)21)10-6-4-3-5-7-10/h3-9,15H,1-2H3,(H,19,20,21). The van der Waals surface area contributed by atoms with E-state index in [9.17, 15) is 17.8 Å². The minimum absolute atomic E-state index is 0.0654. The normalized spacial score (nSPS) is 12.5. The average Bonchev–Trinajstić information content (AvgIpc) is 2.55. The number of methoxy groups -OCH3 is 2. The summed E-state index contributed by atoms with van der Waals surface area (Å²) in [7, 11) is -2.03. The Morgan fingerprint density at radius 1 is 1.12 bits per heavy atom. The molecule has 0 aliphatic rings. The first-order chi connectivity index (χ1) is 11.3. The van der Waals surface area contributed by atoms with Crippen LogP contribution in [0.5, 0.6) is 5.75 Å². The molecule has 0 aromatic heterocycles. The summed E-state index contributed by atoms with van der Waals surface area (Å²) in [6.45, 7) is 0. The molecule has 0 bridgehead atoms. The van der Waals surface area contributed by atoms with Crippen molar-refractivity contribution in [3.05, 3.63) is 63.6 Å². The first-order valence-electron chi connectivity index (χ1n) is 6.77. The zero-order chi connectivity index (χ0) is 17.9. The van der Waals surface area contributed by atoms with Crippen molar-refractivity contribution in [2.24, 2.45) is 0 Å². The van der Waals surface area contributed by atoms with Gasteiger partial charge in [-0.2, -0.15) is 8.42 Å². The Morgan fingerprint density at radius 2 is 1.75 bits per heavy atom. The molecular weight excluding hydrogens is 400 g/mol. The average molecular weight is 415 g/mol. The molecule has 0 radical (unpaired) electrons. The molecule has 0 aliphatic heterocycles. The van der Waals surface area contributed by atoms with Gasteiger partial charge in [-0.25, -0.2) is 4.79 Å². The Morgan fingerprint density at radius 3 is 2.25 bits per heavy atom. The second-order valence-corrected chi connectivity index (χ2v) is 7.20. The van der Waals surface area contributed by atoms with Crippen LogP contribution in [0.1, 0.15) is 26.7 Å². The Hall–Kier alpha value is -1.90. The van der Waals surface area contributed by atoms with E-state index in [2.05, 4.69) is 15.9 Å². The Bertz CT molecular complexity index is 848. The van der Waals surface area contributed by atoms with Crippen molar-refractivity contribution in [1.29, 1.82) is 0 Å². The van der Waals surface area contributed by atoms with Crippen LogP contribution in [0.25, 0.3) is 0 Å². The lowest BCUT2D eigenvalue weighted by atomic mass is 9.98. The van der Waals surface area contributed by atoms with Crippen molar-refractivity contribution < 1.29 is 27.2 Å². The second kappa shape index (κ2) is 7.33. The van der Waals surface area contributed by atoms with E-state index in [1.165, 1.54) is 20.3 Å². The van der Waals surface area contributed by atoms with E-state index < -0.39 is 21.3 Å². The molecule has 2 aromatic carbocycles. The van der Waals surface area contributed by atoms with Gasteiger partial charge in [0.1, 0.15) is 16.6 Å². The summed E-state index contributed by atoms with van der Waals surface area (Å²) in [6, 6.07) is 11.1. The predicted octanol–water partition coefficient (Wildman–Crippen LogP) is 3.22. The Balaban J connectivity index is 2.83. The van der Waals surface area contributed by atoms with Gasteiger partial charge in [0, 0.05) is 0 Å². The van der Waals surface area contributed by atoms with Gasteiger partial charge in [0.2, 0.25) is 0 Å². The molecule has 0 heterocycles. The number of benzene rings is 2. The fraction of sp³-hybridized carbons (Fsp3) is 0.188. The quantitative estimate of drug-likeness (QED) is 0.596. The van der Waals surface area contributed by atoms with Gasteiger partial charge in [0.25, 0.3) is 10.1 Å². The van der Waals surface area contributed by atoms with E-state index in [0.29, 0.717) is 10.0 Å². The van der Waals surface area contributed by atoms with E-state index >= 15 is 0 Å². The monoisotopic (exact) mass is 414 g/mol. The summed E-state index contributed by atoms with van der Waals surface area (Å²) in [6.07, 6.45) is 0. The summed E-state index contributed by atoms with van der Waals surface area (Å²) in [5.74, 6) is -0.642. The molecule has 1 N–H and O–H groups in total. The molecule has 0 amide bonds. The third-order valence-electron chi connectivity index (χ3n) is 3.42. The number of hydrogen-bond donors (Lipinski definition) is 1. The summed E-state index contributed by atoms with van der Waals surface area (Å²) >= 11 is 3.25. The maximum absolute atomic E-state index is 12.2. The van der Waals surface area contributed by atoms with Crippen molar-refractivity contribution in [3.63, 3.8) is 0 Å². The van der Waals surface area contributed by atoms with Crippen molar-refractivity contribution in [1.82, 2.24) is 0 Å². The third-order valence-corrected chi connectivity index (χ3v) is 5.16. The van der Waals surface area contributed by atoms with Crippen LogP contribution in [0.15, 0.2) is 46.9 Å². The van der Waals surface area contributed by atoms with Crippen LogP contribution >= 0.6 is 15.9 Å². The van der Waals surface area contributed by atoms with Gasteiger partial charge in [-0.15, -0.1) is 0 Å². The molecule has 0 aliphatic carbocycles. The lowest BCUT2D eigenvalue weighted by Crippen LogP contribution is -2.18. The molecule has 2 aromatic rings. The van der Waals surface area contributed by atoms with Gasteiger partial charge < -0.3 is 9.47 Å². The molecule has 24 heavy (non-hydrogen) atoms. The van der Waals surface area contributed by atoms with Crippen LogP contribution in [0, 0.1) is 0 Å².